The summed E-state index contributed by atoms with van der Waals surface area (Å²) in [5, 5.41) is 15.4. The summed E-state index contributed by atoms with van der Waals surface area (Å²) in [7, 11) is 3.18. The second kappa shape index (κ2) is 21.7. The minimum atomic E-state index is -1.12. The minimum absolute atomic E-state index is 0.0211. The standard InChI is InChI=1S/C53H68N8O7/c1-12-38(46(55-14-3)33(7)67-11)48-40-27-53(8,9)31-68-52(66)42-20-17-23-61(57-42)51(65)43(25-34-18-16-19-35(24-34)36-21-22-44(39(40)26-36)60(48)15-4)56-49(63)47(32(5)6)58(10)50(64)41-30-59(45(62)13-2)29-37(41)28-54/h12-14,16,18-19,21-22,24,26,32-33,37,41-43,47,57H,1-2,15,17,20,23,25,27,29-31H2,3-11H3,(H,56,63)/b46-38+,55-14-/t33-,37-,41+,42-,43-,47-/m0/s1. The van der Waals surface area contributed by atoms with E-state index in [4.69, 9.17) is 14.5 Å². The number of allylic oxidation sites excluding steroid dienone is 2. The highest BCUT2D eigenvalue weighted by Gasteiger charge is 2.44. The van der Waals surface area contributed by atoms with E-state index >= 15 is 0 Å². The molecule has 1 aromatic heterocycles. The smallest absolute Gasteiger partial charge is 0.324 e. The van der Waals surface area contributed by atoms with Gasteiger partial charge < -0.3 is 29.2 Å². The van der Waals surface area contributed by atoms with Crippen molar-refractivity contribution in [2.24, 2.45) is 28.2 Å². The molecule has 3 aliphatic heterocycles. The summed E-state index contributed by atoms with van der Waals surface area (Å²) in [6, 6.07) is 13.5. The van der Waals surface area contributed by atoms with Gasteiger partial charge in [-0.3, -0.25) is 34.0 Å². The van der Waals surface area contributed by atoms with Crippen LogP contribution in [0.1, 0.15) is 78.1 Å². The summed E-state index contributed by atoms with van der Waals surface area (Å²) >= 11 is 0. The molecule has 3 aliphatic rings. The van der Waals surface area contributed by atoms with E-state index in [0.29, 0.717) is 25.8 Å². The fraction of sp³-hybridized carbons (Fsp3) is 0.491. The summed E-state index contributed by atoms with van der Waals surface area (Å²) in [5.41, 5.74) is 9.84. The zero-order valence-electron chi connectivity index (χ0n) is 41.1. The van der Waals surface area contributed by atoms with Gasteiger partial charge in [-0.1, -0.05) is 77.3 Å². The monoisotopic (exact) mass is 929 g/mol. The average Bonchev–Trinajstić information content (AvgIpc) is 3.90. The van der Waals surface area contributed by atoms with E-state index in [1.165, 1.54) is 21.9 Å². The molecule has 0 radical (unpaired) electrons. The molecule has 2 saturated heterocycles. The largest absolute Gasteiger partial charge is 0.464 e. The van der Waals surface area contributed by atoms with Crippen LogP contribution < -0.4 is 10.7 Å². The summed E-state index contributed by atoms with van der Waals surface area (Å²) in [6.45, 7) is 22.7. The number of cyclic esters (lactones) is 1. The Bertz CT molecular complexity index is 2550. The molecule has 15 nitrogen and oxygen atoms in total. The zero-order chi connectivity index (χ0) is 49.6. The van der Waals surface area contributed by atoms with Gasteiger partial charge in [-0.05, 0) is 86.4 Å². The number of nitrogens with one attached hydrogen (secondary N) is 2. The van der Waals surface area contributed by atoms with Gasteiger partial charge in [0.05, 0.1) is 42.0 Å². The highest BCUT2D eigenvalue weighted by Crippen LogP contribution is 2.40. The van der Waals surface area contributed by atoms with E-state index in [2.05, 4.69) is 73.5 Å². The predicted molar refractivity (Wildman–Crippen MR) is 264 cm³/mol. The molecule has 2 aromatic carbocycles. The number of ether oxygens (including phenoxy) is 2. The summed E-state index contributed by atoms with van der Waals surface area (Å²) in [4.78, 5) is 77.4. The van der Waals surface area contributed by atoms with E-state index in [1.54, 1.807) is 13.3 Å². The molecule has 4 heterocycles. The van der Waals surface area contributed by atoms with Gasteiger partial charge in [-0.15, -0.1) is 0 Å². The number of amides is 4. The van der Waals surface area contributed by atoms with Crippen LogP contribution >= 0.6 is 0 Å². The SMILES string of the molecule is C=CC(=O)N1C[C@H](C#N)[C@H](C(=O)N(C)[C@H](C(=O)N[C@H]2Cc3cccc(c3)-c3ccc4c(c3)c(c(/C(C=C)=C(/N=C\C)[C@H](C)OC)n4CC)CC(C)(C)COC(=O)[C@@H]3CCCN(N3)C2=O)C(C)C)C1. The van der Waals surface area contributed by atoms with Gasteiger partial charge in [0, 0.05) is 74.9 Å². The molecule has 4 amide bonds. The zero-order valence-corrected chi connectivity index (χ0v) is 41.1. The van der Waals surface area contributed by atoms with Crippen LogP contribution in [-0.2, 0) is 52.8 Å². The Kier molecular flexibility index (Phi) is 16.3. The van der Waals surface area contributed by atoms with Gasteiger partial charge in [0.15, 0.2) is 0 Å². The van der Waals surface area contributed by atoms with E-state index in [9.17, 15) is 29.2 Å². The third-order valence-corrected chi connectivity index (χ3v) is 13.5. The number of fused-ring (bicyclic) bond motifs is 6. The number of nitrogens with zero attached hydrogens (tertiary/aromatic N) is 6. The summed E-state index contributed by atoms with van der Waals surface area (Å²) in [5.74, 6) is -4.33. The van der Waals surface area contributed by atoms with Gasteiger partial charge in [0.25, 0.3) is 5.91 Å². The molecule has 6 bridgehead atoms. The Hall–Kier alpha value is -6.37. The van der Waals surface area contributed by atoms with Crippen molar-refractivity contribution in [3.63, 3.8) is 0 Å². The maximum absolute atomic E-state index is 14.7. The molecule has 68 heavy (non-hydrogen) atoms. The van der Waals surface area contributed by atoms with E-state index in [-0.39, 0.29) is 44.7 Å². The lowest BCUT2D eigenvalue weighted by Gasteiger charge is -2.37. The molecule has 6 rings (SSSR count). The van der Waals surface area contributed by atoms with E-state index in [1.807, 2.05) is 58.0 Å². The first-order valence-electron chi connectivity index (χ1n) is 23.7. The van der Waals surface area contributed by atoms with E-state index in [0.717, 1.165) is 56.2 Å². The molecule has 2 N–H and O–H groups in total. The fourth-order valence-electron chi connectivity index (χ4n) is 9.97. The molecule has 3 aromatic rings. The van der Waals surface area contributed by atoms with Crippen LogP contribution in [0.15, 0.2) is 78.5 Å². The normalized spacial score (nSPS) is 22.2. The number of rotatable bonds is 12. The number of benzene rings is 2. The van der Waals surface area contributed by atoms with Gasteiger partial charge in [0.2, 0.25) is 17.7 Å². The molecule has 0 unspecified atom stereocenters. The number of aromatic nitrogens is 1. The lowest BCUT2D eigenvalue weighted by molar-refractivity contribution is -0.155. The van der Waals surface area contributed by atoms with Crippen LogP contribution in [0.2, 0.25) is 0 Å². The summed E-state index contributed by atoms with van der Waals surface area (Å²) < 4.78 is 14.2. The molecular formula is C53H68N8O7. The molecule has 2 fully saturated rings. The van der Waals surface area contributed by atoms with Crippen molar-refractivity contribution in [2.45, 2.75) is 105 Å². The quantitative estimate of drug-likeness (QED) is 0.0918. The molecule has 0 spiro atoms. The van der Waals surface area contributed by atoms with Crippen molar-refractivity contribution in [2.75, 3.05) is 40.4 Å². The lowest BCUT2D eigenvalue weighted by Crippen LogP contribution is -2.62. The second-order valence-electron chi connectivity index (χ2n) is 19.2. The number of carbonyl (C=O) groups is 5. The predicted octanol–water partition coefficient (Wildman–Crippen LogP) is 6.27. The second-order valence-corrected chi connectivity index (χ2v) is 19.2. The maximum Gasteiger partial charge on any atom is 0.324 e. The number of hydrogen-bond acceptors (Lipinski definition) is 10. The number of hydrazine groups is 1. The molecule has 0 saturated carbocycles. The number of likely N-dealkylation sites (N-methyl/N-ethyl adjacent to an activating group) is 1. The van der Waals surface area contributed by atoms with Crippen LogP contribution in [0.5, 0.6) is 0 Å². The Morgan fingerprint density at radius 2 is 1.84 bits per heavy atom. The molecule has 6 atom stereocenters. The number of carbonyl (C=O) groups excluding carboxylic acids is 5. The van der Waals surface area contributed by atoms with Crippen LogP contribution in [-0.4, -0.2) is 120 Å². The van der Waals surface area contributed by atoms with Crippen molar-refractivity contribution in [1.82, 2.24) is 30.1 Å². The van der Waals surface area contributed by atoms with Crippen LogP contribution in [0.4, 0.5) is 0 Å². The van der Waals surface area contributed by atoms with Crippen LogP contribution in [0.3, 0.4) is 0 Å². The Morgan fingerprint density at radius 3 is 2.49 bits per heavy atom. The highest BCUT2D eigenvalue weighted by molar-refractivity contribution is 5.96. The maximum atomic E-state index is 14.7. The number of likely N-dealkylation sites (tertiary alicyclic amines) is 1. The Balaban J connectivity index is 1.45. The number of nitriles is 1. The minimum Gasteiger partial charge on any atom is -0.464 e. The number of aliphatic imine (C=N–C) groups is 1. The van der Waals surface area contributed by atoms with Crippen molar-refractivity contribution >= 4 is 52.3 Å². The first-order chi connectivity index (χ1) is 32.4. The molecular weight excluding hydrogens is 861 g/mol. The van der Waals surface area contributed by atoms with Gasteiger partial charge >= 0.3 is 5.97 Å². The van der Waals surface area contributed by atoms with Gasteiger partial charge in [0.1, 0.15) is 18.1 Å². The van der Waals surface area contributed by atoms with Gasteiger partial charge in [-0.2, -0.15) is 5.26 Å². The molecule has 0 aliphatic carbocycles. The number of methoxy groups -OCH3 is 1. The fourth-order valence-corrected chi connectivity index (χ4v) is 9.97. The molecule has 15 heteroatoms. The van der Waals surface area contributed by atoms with E-state index < -0.39 is 65.0 Å². The van der Waals surface area contributed by atoms with Crippen LogP contribution in [0, 0.1) is 34.5 Å². The molecule has 362 valence electrons. The first kappa shape index (κ1) is 51.0. The topological polar surface area (TPSA) is 179 Å². The summed E-state index contributed by atoms with van der Waals surface area (Å²) in [6.07, 6.45) is 6.00. The van der Waals surface area contributed by atoms with Crippen LogP contribution in [0.25, 0.3) is 27.6 Å². The first-order valence-corrected chi connectivity index (χ1v) is 23.7. The van der Waals surface area contributed by atoms with Crippen molar-refractivity contribution < 1.29 is 33.4 Å². The lowest BCUT2D eigenvalue weighted by atomic mass is 9.84. The Labute approximate surface area is 400 Å². The highest BCUT2D eigenvalue weighted by atomic mass is 16.5. The average molecular weight is 929 g/mol. The number of aryl methyl sites for hydroxylation is 1. The number of hydrogen-bond donors (Lipinski definition) is 2. The van der Waals surface area contributed by atoms with Crippen molar-refractivity contribution in [3.05, 3.63) is 90.3 Å². The third kappa shape index (κ3) is 10.7. The Morgan fingerprint density at radius 1 is 1.10 bits per heavy atom. The van der Waals surface area contributed by atoms with Gasteiger partial charge in [-0.25, -0.2) is 5.43 Å². The van der Waals surface area contributed by atoms with Crippen molar-refractivity contribution in [3.8, 4) is 17.2 Å². The number of esters is 1. The third-order valence-electron chi connectivity index (χ3n) is 13.5. The van der Waals surface area contributed by atoms with Crippen molar-refractivity contribution in [1.29, 1.82) is 5.26 Å².